The van der Waals surface area contributed by atoms with Gasteiger partial charge in [0.15, 0.2) is 0 Å². The van der Waals surface area contributed by atoms with Gasteiger partial charge in [0.1, 0.15) is 11.2 Å². The molecule has 0 aromatic heterocycles. The van der Waals surface area contributed by atoms with Gasteiger partial charge in [-0.05, 0) is 61.0 Å². The molecule has 0 aliphatic rings. The van der Waals surface area contributed by atoms with Crippen LogP contribution < -0.4 is 10.9 Å². The average Bonchev–Trinajstić information content (AvgIpc) is 2.63. The Bertz CT molecular complexity index is 760. The molecule has 0 atom stereocenters. The van der Waals surface area contributed by atoms with Gasteiger partial charge in [0.2, 0.25) is 0 Å². The monoisotopic (exact) mass is 447 g/mol. The molecule has 0 saturated carbocycles. The summed E-state index contributed by atoms with van der Waals surface area (Å²) in [5, 5.41) is 8.26. The number of hydrogen-bond donors (Lipinski definition) is 2. The highest BCUT2D eigenvalue weighted by Crippen LogP contribution is 2.08. The SMILES string of the molecule is C/C(CN(C/C(C)=N\NC(=O)OC(C)(C)C)Cc1ccccc1)=N/NC(=O)OC(C)(C)C. The van der Waals surface area contributed by atoms with Gasteiger partial charge in [0.25, 0.3) is 0 Å². The number of amides is 2. The number of benzene rings is 1. The molecule has 0 fully saturated rings. The highest BCUT2D eigenvalue weighted by atomic mass is 16.6. The van der Waals surface area contributed by atoms with Crippen LogP contribution in [0.3, 0.4) is 0 Å². The molecule has 32 heavy (non-hydrogen) atoms. The molecule has 0 saturated heterocycles. The second-order valence-electron chi connectivity index (χ2n) is 9.55. The summed E-state index contributed by atoms with van der Waals surface area (Å²) >= 11 is 0. The lowest BCUT2D eigenvalue weighted by atomic mass is 10.2. The van der Waals surface area contributed by atoms with Gasteiger partial charge in [0, 0.05) is 31.1 Å². The van der Waals surface area contributed by atoms with Gasteiger partial charge in [-0.3, -0.25) is 4.90 Å². The fraction of sp³-hybridized carbons (Fsp3) is 0.565. The highest BCUT2D eigenvalue weighted by Gasteiger charge is 2.17. The standard InChI is InChI=1S/C23H37N5O4/c1-17(24-26-20(29)31-22(3,4)5)14-28(16-19-12-10-9-11-13-19)15-18(2)25-27-21(30)32-23(6,7)8/h9-13H,14-16H2,1-8H3,(H,26,29)(H,27,30)/b24-17-,25-18-. The molecule has 0 aliphatic heterocycles. The third-order valence-corrected chi connectivity index (χ3v) is 3.63. The summed E-state index contributed by atoms with van der Waals surface area (Å²) in [6.07, 6.45) is -1.21. The van der Waals surface area contributed by atoms with E-state index in [-0.39, 0.29) is 0 Å². The van der Waals surface area contributed by atoms with Crippen molar-refractivity contribution in [3.63, 3.8) is 0 Å². The third kappa shape index (κ3) is 13.4. The Balaban J connectivity index is 2.80. The quantitative estimate of drug-likeness (QED) is 0.457. The minimum atomic E-state index is -0.606. The number of nitrogens with zero attached hydrogens (tertiary/aromatic N) is 3. The normalized spacial score (nSPS) is 13.0. The maximum absolute atomic E-state index is 11.8. The Morgan fingerprint density at radius 1 is 0.812 bits per heavy atom. The van der Waals surface area contributed by atoms with Crippen molar-refractivity contribution in [2.24, 2.45) is 10.2 Å². The van der Waals surface area contributed by atoms with Gasteiger partial charge >= 0.3 is 12.2 Å². The molecule has 2 amide bonds. The largest absolute Gasteiger partial charge is 0.443 e. The number of carbonyl (C=O) groups excluding carboxylic acids is 2. The fourth-order valence-electron chi connectivity index (χ4n) is 2.61. The van der Waals surface area contributed by atoms with E-state index >= 15 is 0 Å². The molecule has 9 nitrogen and oxygen atoms in total. The van der Waals surface area contributed by atoms with Crippen LogP contribution in [0.5, 0.6) is 0 Å². The second-order valence-corrected chi connectivity index (χ2v) is 9.55. The molecule has 9 heteroatoms. The van der Waals surface area contributed by atoms with E-state index in [0.29, 0.717) is 31.1 Å². The zero-order valence-corrected chi connectivity index (χ0v) is 20.5. The van der Waals surface area contributed by atoms with E-state index in [1.54, 1.807) is 41.5 Å². The summed E-state index contributed by atoms with van der Waals surface area (Å²) in [5.41, 5.74) is 6.16. The second kappa shape index (κ2) is 12.2. The lowest BCUT2D eigenvalue weighted by Gasteiger charge is -2.23. The lowest BCUT2D eigenvalue weighted by molar-refractivity contribution is 0.0518. The van der Waals surface area contributed by atoms with Crippen molar-refractivity contribution < 1.29 is 19.1 Å². The first-order valence-corrected chi connectivity index (χ1v) is 10.5. The summed E-state index contributed by atoms with van der Waals surface area (Å²) in [7, 11) is 0. The Morgan fingerprint density at radius 2 is 1.22 bits per heavy atom. The molecule has 0 radical (unpaired) electrons. The number of hydrogen-bond acceptors (Lipinski definition) is 7. The van der Waals surface area contributed by atoms with Gasteiger partial charge in [-0.25, -0.2) is 20.4 Å². The molecule has 2 N–H and O–H groups in total. The predicted molar refractivity (Wildman–Crippen MR) is 127 cm³/mol. The predicted octanol–water partition coefficient (Wildman–Crippen LogP) is 4.29. The summed E-state index contributed by atoms with van der Waals surface area (Å²) in [5.74, 6) is 0. The Morgan fingerprint density at radius 3 is 1.59 bits per heavy atom. The first-order chi connectivity index (χ1) is 14.7. The minimum Gasteiger partial charge on any atom is -0.443 e. The van der Waals surface area contributed by atoms with Crippen LogP contribution in [0.2, 0.25) is 0 Å². The summed E-state index contributed by atoms with van der Waals surface area (Å²) < 4.78 is 10.4. The van der Waals surface area contributed by atoms with E-state index in [4.69, 9.17) is 9.47 Å². The topological polar surface area (TPSA) is 105 Å². The van der Waals surface area contributed by atoms with Crippen molar-refractivity contribution >= 4 is 23.6 Å². The number of nitrogens with one attached hydrogen (secondary N) is 2. The van der Waals surface area contributed by atoms with E-state index in [1.165, 1.54) is 0 Å². The Kier molecular flexibility index (Phi) is 10.3. The maximum Gasteiger partial charge on any atom is 0.428 e. The van der Waals surface area contributed by atoms with Gasteiger partial charge in [-0.2, -0.15) is 10.2 Å². The zero-order chi connectivity index (χ0) is 24.4. The maximum atomic E-state index is 11.8. The number of carbonyl (C=O) groups is 2. The van der Waals surface area contributed by atoms with Crippen molar-refractivity contribution in [2.45, 2.75) is 73.1 Å². The fourth-order valence-corrected chi connectivity index (χ4v) is 2.61. The van der Waals surface area contributed by atoms with Gasteiger partial charge in [-0.15, -0.1) is 0 Å². The molecule has 0 spiro atoms. The van der Waals surface area contributed by atoms with E-state index in [1.807, 2.05) is 44.2 Å². The first kappa shape index (κ1) is 27.1. The van der Waals surface area contributed by atoms with Crippen LogP contribution in [0.25, 0.3) is 0 Å². The van der Waals surface area contributed by atoms with Crippen LogP contribution >= 0.6 is 0 Å². The van der Waals surface area contributed by atoms with Gasteiger partial charge < -0.3 is 9.47 Å². The van der Waals surface area contributed by atoms with E-state index in [0.717, 1.165) is 5.56 Å². The Labute approximate surface area is 191 Å². The van der Waals surface area contributed by atoms with Crippen LogP contribution in [0, 0.1) is 0 Å². The van der Waals surface area contributed by atoms with Gasteiger partial charge in [-0.1, -0.05) is 30.3 Å². The number of hydrazone groups is 2. The van der Waals surface area contributed by atoms with Crippen molar-refractivity contribution in [1.82, 2.24) is 15.8 Å². The van der Waals surface area contributed by atoms with Crippen LogP contribution in [0.15, 0.2) is 40.5 Å². The number of rotatable bonds is 8. The van der Waals surface area contributed by atoms with Crippen molar-refractivity contribution in [2.75, 3.05) is 13.1 Å². The molecule has 0 bridgehead atoms. The number of ether oxygens (including phenoxy) is 2. The van der Waals surface area contributed by atoms with E-state index in [2.05, 4.69) is 26.0 Å². The van der Waals surface area contributed by atoms with Crippen molar-refractivity contribution in [1.29, 1.82) is 0 Å². The van der Waals surface area contributed by atoms with Crippen molar-refractivity contribution in [3.8, 4) is 0 Å². The molecule has 0 unspecified atom stereocenters. The summed E-state index contributed by atoms with van der Waals surface area (Å²) in [4.78, 5) is 25.8. The van der Waals surface area contributed by atoms with Crippen LogP contribution in [0.4, 0.5) is 9.59 Å². The summed E-state index contributed by atoms with van der Waals surface area (Å²) in [6, 6.07) is 9.98. The molecule has 1 rings (SSSR count). The summed E-state index contributed by atoms with van der Waals surface area (Å²) in [6.45, 7) is 16.0. The van der Waals surface area contributed by atoms with Crippen molar-refractivity contribution in [3.05, 3.63) is 35.9 Å². The van der Waals surface area contributed by atoms with Gasteiger partial charge in [0.05, 0.1) is 0 Å². The molecule has 1 aromatic carbocycles. The van der Waals surface area contributed by atoms with Crippen LogP contribution in [-0.2, 0) is 16.0 Å². The molecule has 0 heterocycles. The highest BCUT2D eigenvalue weighted by molar-refractivity contribution is 5.87. The van der Waals surface area contributed by atoms with E-state index in [9.17, 15) is 9.59 Å². The average molecular weight is 448 g/mol. The minimum absolute atomic E-state index is 0.476. The zero-order valence-electron chi connectivity index (χ0n) is 20.5. The van der Waals surface area contributed by atoms with Crippen LogP contribution in [0.1, 0.15) is 61.0 Å². The van der Waals surface area contributed by atoms with E-state index < -0.39 is 23.4 Å². The lowest BCUT2D eigenvalue weighted by Crippen LogP contribution is -2.36. The molecular formula is C23H37N5O4. The Hall–Kier alpha value is -2.94. The molecule has 178 valence electrons. The molecule has 0 aliphatic carbocycles. The first-order valence-electron chi connectivity index (χ1n) is 10.5. The third-order valence-electron chi connectivity index (χ3n) is 3.63. The van der Waals surface area contributed by atoms with Crippen LogP contribution in [-0.4, -0.2) is 52.8 Å². The molecular weight excluding hydrogens is 410 g/mol. The molecule has 1 aromatic rings. The smallest absolute Gasteiger partial charge is 0.428 e.